The van der Waals surface area contributed by atoms with Gasteiger partial charge in [0.15, 0.2) is 0 Å². The molecule has 3 heteroatoms. The summed E-state index contributed by atoms with van der Waals surface area (Å²) >= 11 is 12.3. The molecule has 0 radical (unpaired) electrons. The van der Waals surface area contributed by atoms with Gasteiger partial charge >= 0.3 is 0 Å². The molecule has 0 amide bonds. The summed E-state index contributed by atoms with van der Waals surface area (Å²) in [5.41, 5.74) is 1.06. The first-order valence-corrected chi connectivity index (χ1v) is 6.42. The summed E-state index contributed by atoms with van der Waals surface area (Å²) in [5.74, 6) is 0.617. The second-order valence-electron chi connectivity index (χ2n) is 4.38. The fourth-order valence-corrected chi connectivity index (χ4v) is 2.47. The summed E-state index contributed by atoms with van der Waals surface area (Å²) in [6, 6.07) is 6.18. The highest BCUT2D eigenvalue weighted by Gasteiger charge is 2.13. The quantitative estimate of drug-likeness (QED) is 0.837. The van der Waals surface area contributed by atoms with Gasteiger partial charge in [0.2, 0.25) is 0 Å². The summed E-state index contributed by atoms with van der Waals surface area (Å²) in [6.45, 7) is 4.44. The minimum Gasteiger partial charge on any atom is -0.317 e. The van der Waals surface area contributed by atoms with E-state index in [0.29, 0.717) is 12.0 Å². The maximum atomic E-state index is 6.13. The average Bonchev–Trinajstić information content (AvgIpc) is 2.22. The fourth-order valence-electron chi connectivity index (χ4n) is 1.88. The van der Waals surface area contributed by atoms with Crippen molar-refractivity contribution in [2.45, 2.75) is 32.7 Å². The lowest BCUT2D eigenvalue weighted by Crippen LogP contribution is -2.31. The SMILES string of the molecule is CNC(CCc1c(Cl)cccc1Cl)C(C)C. The molecule has 1 nitrogen and oxygen atoms in total. The molecule has 0 aliphatic carbocycles. The first kappa shape index (κ1) is 13.8. The van der Waals surface area contributed by atoms with E-state index in [0.717, 1.165) is 28.5 Å². The highest BCUT2D eigenvalue weighted by atomic mass is 35.5. The van der Waals surface area contributed by atoms with Gasteiger partial charge in [-0.15, -0.1) is 0 Å². The van der Waals surface area contributed by atoms with Gasteiger partial charge in [-0.05, 0) is 43.5 Å². The van der Waals surface area contributed by atoms with E-state index < -0.39 is 0 Å². The van der Waals surface area contributed by atoms with Gasteiger partial charge in [0.05, 0.1) is 0 Å². The maximum absolute atomic E-state index is 6.13. The normalized spacial score (nSPS) is 13.1. The van der Waals surface area contributed by atoms with Crippen LogP contribution in [0.15, 0.2) is 18.2 Å². The van der Waals surface area contributed by atoms with Crippen molar-refractivity contribution in [2.24, 2.45) is 5.92 Å². The summed E-state index contributed by atoms with van der Waals surface area (Å²) in [6.07, 6.45) is 1.97. The van der Waals surface area contributed by atoms with Crippen molar-refractivity contribution in [3.8, 4) is 0 Å². The molecule has 1 atom stereocenters. The van der Waals surface area contributed by atoms with Gasteiger partial charge in [-0.3, -0.25) is 0 Å². The molecule has 0 aromatic heterocycles. The number of benzene rings is 1. The largest absolute Gasteiger partial charge is 0.317 e. The minimum atomic E-state index is 0.507. The van der Waals surface area contributed by atoms with Crippen LogP contribution in [0.3, 0.4) is 0 Å². The number of hydrogen-bond donors (Lipinski definition) is 1. The molecule has 16 heavy (non-hydrogen) atoms. The van der Waals surface area contributed by atoms with Crippen molar-refractivity contribution in [3.05, 3.63) is 33.8 Å². The van der Waals surface area contributed by atoms with Gasteiger partial charge in [0.25, 0.3) is 0 Å². The summed E-state index contributed by atoms with van der Waals surface area (Å²) in [4.78, 5) is 0. The van der Waals surface area contributed by atoms with E-state index in [1.165, 1.54) is 0 Å². The molecule has 1 rings (SSSR count). The zero-order chi connectivity index (χ0) is 12.1. The molecule has 1 aromatic rings. The van der Waals surface area contributed by atoms with Crippen LogP contribution in [0.5, 0.6) is 0 Å². The second kappa shape index (κ2) is 6.48. The molecule has 1 unspecified atom stereocenters. The summed E-state index contributed by atoms with van der Waals surface area (Å²) < 4.78 is 0. The Balaban J connectivity index is 2.67. The predicted molar refractivity (Wildman–Crippen MR) is 72.5 cm³/mol. The van der Waals surface area contributed by atoms with Gasteiger partial charge in [0, 0.05) is 16.1 Å². The Morgan fingerprint density at radius 2 is 1.75 bits per heavy atom. The molecule has 0 heterocycles. The Morgan fingerprint density at radius 1 is 1.19 bits per heavy atom. The lowest BCUT2D eigenvalue weighted by molar-refractivity contribution is 0.403. The third kappa shape index (κ3) is 3.65. The zero-order valence-corrected chi connectivity index (χ0v) is 11.6. The Bertz CT molecular complexity index is 316. The molecule has 0 spiro atoms. The molecular weight excluding hydrogens is 241 g/mol. The predicted octanol–water partition coefficient (Wildman–Crippen LogP) is 4.17. The lowest BCUT2D eigenvalue weighted by atomic mass is 9.97. The molecule has 1 N–H and O–H groups in total. The van der Waals surface area contributed by atoms with Crippen LogP contribution in [0, 0.1) is 5.92 Å². The van der Waals surface area contributed by atoms with Crippen LogP contribution in [0.1, 0.15) is 25.8 Å². The number of nitrogens with one attached hydrogen (secondary N) is 1. The van der Waals surface area contributed by atoms with Gasteiger partial charge < -0.3 is 5.32 Å². The highest BCUT2D eigenvalue weighted by molar-refractivity contribution is 6.35. The van der Waals surface area contributed by atoms with E-state index in [9.17, 15) is 0 Å². The van der Waals surface area contributed by atoms with Crippen molar-refractivity contribution in [1.82, 2.24) is 5.32 Å². The Kier molecular flexibility index (Phi) is 5.60. The van der Waals surface area contributed by atoms with Gasteiger partial charge in [0.1, 0.15) is 0 Å². The summed E-state index contributed by atoms with van der Waals surface area (Å²) in [5, 5.41) is 4.86. The second-order valence-corrected chi connectivity index (χ2v) is 5.19. The van der Waals surface area contributed by atoms with Crippen LogP contribution in [-0.4, -0.2) is 13.1 Å². The Hall–Kier alpha value is -0.240. The van der Waals surface area contributed by atoms with Crippen molar-refractivity contribution in [2.75, 3.05) is 7.05 Å². The van der Waals surface area contributed by atoms with E-state index in [2.05, 4.69) is 19.2 Å². The molecule has 0 saturated heterocycles. The van der Waals surface area contributed by atoms with Gasteiger partial charge in [-0.25, -0.2) is 0 Å². The average molecular weight is 260 g/mol. The third-order valence-electron chi connectivity index (χ3n) is 2.94. The first-order valence-electron chi connectivity index (χ1n) is 5.66. The zero-order valence-electron chi connectivity index (χ0n) is 10.1. The van der Waals surface area contributed by atoms with Crippen molar-refractivity contribution in [3.63, 3.8) is 0 Å². The van der Waals surface area contributed by atoms with Crippen LogP contribution >= 0.6 is 23.2 Å². The van der Waals surface area contributed by atoms with Crippen molar-refractivity contribution < 1.29 is 0 Å². The number of halogens is 2. The van der Waals surface area contributed by atoms with Crippen LogP contribution in [0.4, 0.5) is 0 Å². The number of rotatable bonds is 5. The van der Waals surface area contributed by atoms with E-state index >= 15 is 0 Å². The number of hydrogen-bond acceptors (Lipinski definition) is 1. The van der Waals surface area contributed by atoms with Crippen LogP contribution in [0.2, 0.25) is 10.0 Å². The fraction of sp³-hybridized carbons (Fsp3) is 0.538. The monoisotopic (exact) mass is 259 g/mol. The summed E-state index contributed by atoms with van der Waals surface area (Å²) in [7, 11) is 2.00. The lowest BCUT2D eigenvalue weighted by Gasteiger charge is -2.20. The molecule has 0 bridgehead atoms. The van der Waals surface area contributed by atoms with E-state index in [1.54, 1.807) is 0 Å². The van der Waals surface area contributed by atoms with Crippen LogP contribution in [-0.2, 0) is 6.42 Å². The molecule has 0 aliphatic heterocycles. The molecule has 1 aromatic carbocycles. The molecular formula is C13H19Cl2N. The maximum Gasteiger partial charge on any atom is 0.0452 e. The smallest absolute Gasteiger partial charge is 0.0452 e. The first-order chi connectivity index (χ1) is 7.56. The molecule has 0 saturated carbocycles. The van der Waals surface area contributed by atoms with Crippen LogP contribution < -0.4 is 5.32 Å². The standard InChI is InChI=1S/C13H19Cl2N/c1-9(2)13(16-3)8-7-10-11(14)5-4-6-12(10)15/h4-6,9,13,16H,7-8H2,1-3H3. The highest BCUT2D eigenvalue weighted by Crippen LogP contribution is 2.26. The topological polar surface area (TPSA) is 12.0 Å². The minimum absolute atomic E-state index is 0.507. The van der Waals surface area contributed by atoms with Crippen molar-refractivity contribution in [1.29, 1.82) is 0 Å². The van der Waals surface area contributed by atoms with Crippen molar-refractivity contribution >= 4 is 23.2 Å². The van der Waals surface area contributed by atoms with Crippen LogP contribution in [0.25, 0.3) is 0 Å². The van der Waals surface area contributed by atoms with E-state index in [-0.39, 0.29) is 0 Å². The molecule has 0 aliphatic rings. The third-order valence-corrected chi connectivity index (χ3v) is 3.65. The molecule has 0 fully saturated rings. The Morgan fingerprint density at radius 3 is 2.19 bits per heavy atom. The van der Waals surface area contributed by atoms with Gasteiger partial charge in [-0.1, -0.05) is 43.1 Å². The molecule has 90 valence electrons. The van der Waals surface area contributed by atoms with Gasteiger partial charge in [-0.2, -0.15) is 0 Å². The van der Waals surface area contributed by atoms with E-state index in [4.69, 9.17) is 23.2 Å². The Labute approximate surface area is 108 Å². The van der Waals surface area contributed by atoms with E-state index in [1.807, 2.05) is 25.2 Å².